The van der Waals surface area contributed by atoms with Gasteiger partial charge in [-0.15, -0.1) is 11.3 Å². The lowest BCUT2D eigenvalue weighted by Crippen LogP contribution is -2.49. The summed E-state index contributed by atoms with van der Waals surface area (Å²) in [5, 5.41) is 2.75. The fourth-order valence-electron chi connectivity index (χ4n) is 4.38. The lowest BCUT2D eigenvalue weighted by Gasteiger charge is -2.37. The van der Waals surface area contributed by atoms with Gasteiger partial charge in [0.2, 0.25) is 5.91 Å². The number of rotatable bonds is 8. The molecule has 0 unspecified atom stereocenters. The van der Waals surface area contributed by atoms with Crippen LogP contribution in [0.3, 0.4) is 0 Å². The highest BCUT2D eigenvalue weighted by Crippen LogP contribution is 2.34. The van der Waals surface area contributed by atoms with Gasteiger partial charge in [0.25, 0.3) is 5.91 Å². The summed E-state index contributed by atoms with van der Waals surface area (Å²) in [5.41, 5.74) is 2.57. The third kappa shape index (κ3) is 5.68. The van der Waals surface area contributed by atoms with Crippen molar-refractivity contribution in [2.45, 2.75) is 39.3 Å². The van der Waals surface area contributed by atoms with Gasteiger partial charge in [-0.05, 0) is 92.2 Å². The second-order valence-corrected chi connectivity index (χ2v) is 10.5. The number of aryl methyl sites for hydroxylation is 1. The minimum Gasteiger partial charge on any atom is -0.497 e. The standard InChI is InChI=1S/C28H31ClN2O4S/c1-18(2)31(28(33)20-5-7-21(34-4)8-6-20)16-27(32)30-13-11-26-23(12-14-36-26)25(30)17-35-22-9-10-24(29)19(3)15-22/h5-10,12,14-15,18,25H,11,13,16-17H2,1-4H3/t25-/m0/s1. The monoisotopic (exact) mass is 526 g/mol. The minimum atomic E-state index is -0.228. The number of thiophene rings is 1. The molecule has 6 nitrogen and oxygen atoms in total. The van der Waals surface area contributed by atoms with E-state index in [1.165, 1.54) is 4.88 Å². The zero-order valence-electron chi connectivity index (χ0n) is 21.0. The number of carbonyl (C=O) groups is 2. The Morgan fingerprint density at radius 3 is 2.53 bits per heavy atom. The van der Waals surface area contributed by atoms with E-state index in [0.29, 0.717) is 35.2 Å². The molecule has 0 aliphatic carbocycles. The van der Waals surface area contributed by atoms with Crippen LogP contribution < -0.4 is 9.47 Å². The van der Waals surface area contributed by atoms with Crippen LogP contribution in [0.1, 0.15) is 46.3 Å². The Kier molecular flexibility index (Phi) is 8.21. The topological polar surface area (TPSA) is 59.1 Å². The van der Waals surface area contributed by atoms with E-state index in [0.717, 1.165) is 17.5 Å². The first-order valence-corrected chi connectivity index (χ1v) is 13.2. The van der Waals surface area contributed by atoms with Crippen molar-refractivity contribution in [2.24, 2.45) is 0 Å². The Hall–Kier alpha value is -3.03. The Balaban J connectivity index is 1.52. The first-order chi connectivity index (χ1) is 17.3. The van der Waals surface area contributed by atoms with Crippen molar-refractivity contribution < 1.29 is 19.1 Å². The lowest BCUT2D eigenvalue weighted by atomic mass is 10.00. The summed E-state index contributed by atoms with van der Waals surface area (Å²) >= 11 is 7.87. The van der Waals surface area contributed by atoms with Crippen molar-refractivity contribution in [1.82, 2.24) is 9.80 Å². The first kappa shape index (κ1) is 26.0. The predicted octanol–water partition coefficient (Wildman–Crippen LogP) is 5.77. The Bertz CT molecular complexity index is 1220. The van der Waals surface area contributed by atoms with Crippen molar-refractivity contribution in [2.75, 3.05) is 26.8 Å². The molecule has 1 aromatic heterocycles. The van der Waals surface area contributed by atoms with E-state index >= 15 is 0 Å². The van der Waals surface area contributed by atoms with Crippen LogP contribution in [0.25, 0.3) is 0 Å². The van der Waals surface area contributed by atoms with Gasteiger partial charge in [0.1, 0.15) is 24.7 Å². The summed E-state index contributed by atoms with van der Waals surface area (Å²) in [6.07, 6.45) is 0.795. The molecular weight excluding hydrogens is 496 g/mol. The van der Waals surface area contributed by atoms with Gasteiger partial charge in [0, 0.05) is 28.0 Å². The molecule has 1 aliphatic heterocycles. The molecule has 0 bridgehead atoms. The van der Waals surface area contributed by atoms with Crippen LogP contribution in [0.4, 0.5) is 0 Å². The minimum absolute atomic E-state index is 0.00144. The fourth-order valence-corrected chi connectivity index (χ4v) is 5.43. The van der Waals surface area contributed by atoms with Crippen molar-refractivity contribution >= 4 is 34.8 Å². The molecule has 1 aliphatic rings. The number of fused-ring (bicyclic) bond motifs is 1. The van der Waals surface area contributed by atoms with Crippen LogP contribution in [0.2, 0.25) is 5.02 Å². The maximum absolute atomic E-state index is 13.6. The third-order valence-electron chi connectivity index (χ3n) is 6.48. The van der Waals surface area contributed by atoms with Gasteiger partial charge < -0.3 is 19.3 Å². The van der Waals surface area contributed by atoms with Gasteiger partial charge in [0.15, 0.2) is 0 Å². The van der Waals surface area contributed by atoms with Crippen LogP contribution in [-0.2, 0) is 11.2 Å². The van der Waals surface area contributed by atoms with Gasteiger partial charge in [-0.1, -0.05) is 11.6 Å². The van der Waals surface area contributed by atoms with E-state index in [9.17, 15) is 9.59 Å². The summed E-state index contributed by atoms with van der Waals surface area (Å²) in [5.74, 6) is 1.12. The SMILES string of the molecule is COc1ccc(C(=O)N(CC(=O)N2CCc3sccc3[C@@H]2COc2ccc(Cl)c(C)c2)C(C)C)cc1. The molecule has 0 N–H and O–H groups in total. The van der Waals surface area contributed by atoms with E-state index < -0.39 is 0 Å². The molecule has 0 radical (unpaired) electrons. The van der Waals surface area contributed by atoms with Gasteiger partial charge in [-0.2, -0.15) is 0 Å². The first-order valence-electron chi connectivity index (χ1n) is 12.0. The Morgan fingerprint density at radius 2 is 1.86 bits per heavy atom. The largest absolute Gasteiger partial charge is 0.497 e. The maximum atomic E-state index is 13.6. The normalized spacial score (nSPS) is 14.9. The molecule has 0 fully saturated rings. The van der Waals surface area contributed by atoms with Crippen LogP contribution >= 0.6 is 22.9 Å². The van der Waals surface area contributed by atoms with E-state index in [1.54, 1.807) is 47.6 Å². The Labute approximate surface area is 221 Å². The molecule has 0 spiro atoms. The number of nitrogens with zero attached hydrogens (tertiary/aromatic N) is 2. The number of ether oxygens (including phenoxy) is 2. The van der Waals surface area contributed by atoms with Gasteiger partial charge >= 0.3 is 0 Å². The predicted molar refractivity (Wildman–Crippen MR) is 143 cm³/mol. The molecule has 4 rings (SSSR count). The molecule has 2 aromatic carbocycles. The summed E-state index contributed by atoms with van der Waals surface area (Å²) in [6, 6.07) is 14.2. The summed E-state index contributed by atoms with van der Waals surface area (Å²) in [6.45, 7) is 6.69. The molecule has 190 valence electrons. The van der Waals surface area contributed by atoms with Crippen molar-refractivity contribution in [3.05, 3.63) is 80.5 Å². The molecule has 2 heterocycles. The molecule has 0 saturated carbocycles. The van der Waals surface area contributed by atoms with E-state index in [2.05, 4.69) is 11.4 Å². The number of amides is 2. The highest BCUT2D eigenvalue weighted by atomic mass is 35.5. The molecular formula is C28H31ClN2O4S. The number of hydrogen-bond acceptors (Lipinski definition) is 5. The second-order valence-electron chi connectivity index (χ2n) is 9.13. The smallest absolute Gasteiger partial charge is 0.254 e. The van der Waals surface area contributed by atoms with Gasteiger partial charge in [-0.3, -0.25) is 9.59 Å². The number of carbonyl (C=O) groups excluding carboxylic acids is 2. The molecule has 3 aromatic rings. The van der Waals surface area contributed by atoms with E-state index in [1.807, 2.05) is 43.9 Å². The van der Waals surface area contributed by atoms with Gasteiger partial charge in [-0.25, -0.2) is 0 Å². The fraction of sp³-hybridized carbons (Fsp3) is 0.357. The molecule has 36 heavy (non-hydrogen) atoms. The quantitative estimate of drug-likeness (QED) is 0.373. The number of methoxy groups -OCH3 is 1. The zero-order chi connectivity index (χ0) is 25.8. The maximum Gasteiger partial charge on any atom is 0.254 e. The summed E-state index contributed by atoms with van der Waals surface area (Å²) in [7, 11) is 1.58. The van der Waals surface area contributed by atoms with Crippen molar-refractivity contribution in [3.8, 4) is 11.5 Å². The van der Waals surface area contributed by atoms with Crippen molar-refractivity contribution in [3.63, 3.8) is 0 Å². The molecule has 0 saturated heterocycles. The molecule has 1 atom stereocenters. The van der Waals surface area contributed by atoms with Gasteiger partial charge in [0.05, 0.1) is 13.2 Å². The van der Waals surface area contributed by atoms with Crippen molar-refractivity contribution in [1.29, 1.82) is 0 Å². The molecule has 8 heteroatoms. The van der Waals surface area contributed by atoms with Crippen LogP contribution in [0, 0.1) is 6.92 Å². The average Bonchev–Trinajstić information content (AvgIpc) is 3.36. The number of hydrogen-bond donors (Lipinski definition) is 0. The average molecular weight is 527 g/mol. The summed E-state index contributed by atoms with van der Waals surface area (Å²) < 4.78 is 11.3. The number of benzene rings is 2. The van der Waals surface area contributed by atoms with Crippen LogP contribution in [-0.4, -0.2) is 54.5 Å². The second kappa shape index (κ2) is 11.4. The summed E-state index contributed by atoms with van der Waals surface area (Å²) in [4.78, 5) is 31.7. The highest BCUT2D eigenvalue weighted by Gasteiger charge is 2.34. The third-order valence-corrected chi connectivity index (χ3v) is 7.90. The Morgan fingerprint density at radius 1 is 1.14 bits per heavy atom. The number of halogens is 1. The van der Waals surface area contributed by atoms with E-state index in [4.69, 9.17) is 21.1 Å². The van der Waals surface area contributed by atoms with E-state index in [-0.39, 0.29) is 30.4 Å². The highest BCUT2D eigenvalue weighted by molar-refractivity contribution is 7.10. The molecule has 2 amide bonds. The van der Waals surface area contributed by atoms with Crippen LogP contribution in [0.15, 0.2) is 53.9 Å². The zero-order valence-corrected chi connectivity index (χ0v) is 22.6. The van der Waals surface area contributed by atoms with Crippen LogP contribution in [0.5, 0.6) is 11.5 Å². The lowest BCUT2D eigenvalue weighted by molar-refractivity contribution is -0.136.